The highest BCUT2D eigenvalue weighted by Gasteiger charge is 2.33. The monoisotopic (exact) mass is 329 g/mol. The van der Waals surface area contributed by atoms with Crippen LogP contribution in [0.5, 0.6) is 0 Å². The van der Waals surface area contributed by atoms with E-state index in [1.807, 2.05) is 0 Å². The van der Waals surface area contributed by atoms with Crippen LogP contribution in [-0.4, -0.2) is 54.7 Å². The second-order valence-electron chi connectivity index (χ2n) is 7.39. The summed E-state index contributed by atoms with van der Waals surface area (Å²) < 4.78 is 0. The Hall–Kier alpha value is -1.59. The molecule has 5 heteroatoms. The van der Waals surface area contributed by atoms with Crippen molar-refractivity contribution >= 4 is 11.6 Å². The Morgan fingerprint density at radius 3 is 2.75 bits per heavy atom. The summed E-state index contributed by atoms with van der Waals surface area (Å²) in [6.45, 7) is 4.97. The number of carbonyl (C=O) groups excluding carboxylic acids is 1. The SMILES string of the molecule is O=C1c2cc(N3CCC(CO)CC3)ccc2CN1C1CCCNC1. The van der Waals surface area contributed by atoms with Crippen molar-refractivity contribution in [3.8, 4) is 0 Å². The van der Waals surface area contributed by atoms with Crippen LogP contribution in [-0.2, 0) is 6.54 Å². The quantitative estimate of drug-likeness (QED) is 0.884. The summed E-state index contributed by atoms with van der Waals surface area (Å²) in [5, 5.41) is 12.7. The van der Waals surface area contributed by atoms with Crippen LogP contribution in [0.4, 0.5) is 5.69 Å². The van der Waals surface area contributed by atoms with Crippen LogP contribution < -0.4 is 10.2 Å². The van der Waals surface area contributed by atoms with Crippen molar-refractivity contribution in [2.45, 2.75) is 38.3 Å². The van der Waals surface area contributed by atoms with Gasteiger partial charge in [-0.15, -0.1) is 0 Å². The third-order valence-electron chi connectivity index (χ3n) is 5.87. The van der Waals surface area contributed by atoms with Crippen molar-refractivity contribution in [3.63, 3.8) is 0 Å². The average Bonchev–Trinajstić information content (AvgIpc) is 2.99. The first-order chi connectivity index (χ1) is 11.8. The number of rotatable bonds is 3. The standard InChI is InChI=1S/C19H27N3O2/c23-13-14-5-8-21(9-6-14)16-4-3-15-12-22(19(24)18(15)10-16)17-2-1-7-20-11-17/h3-4,10,14,17,20,23H,1-2,5-9,11-13H2. The smallest absolute Gasteiger partial charge is 0.254 e. The second kappa shape index (κ2) is 6.73. The fourth-order valence-electron chi connectivity index (χ4n) is 4.28. The van der Waals surface area contributed by atoms with Crippen LogP contribution in [0.25, 0.3) is 0 Å². The van der Waals surface area contributed by atoms with Crippen LogP contribution in [0.15, 0.2) is 18.2 Å². The Balaban J connectivity index is 1.49. The molecule has 0 bridgehead atoms. The first kappa shape index (κ1) is 15.9. The zero-order chi connectivity index (χ0) is 16.5. The van der Waals surface area contributed by atoms with Crippen LogP contribution in [0, 0.1) is 5.92 Å². The van der Waals surface area contributed by atoms with Crippen molar-refractivity contribution < 1.29 is 9.90 Å². The van der Waals surface area contributed by atoms with Gasteiger partial charge in [0, 0.05) is 50.1 Å². The van der Waals surface area contributed by atoms with Crippen molar-refractivity contribution in [1.82, 2.24) is 10.2 Å². The summed E-state index contributed by atoms with van der Waals surface area (Å²) in [7, 11) is 0. The number of nitrogens with zero attached hydrogens (tertiary/aromatic N) is 2. The van der Waals surface area contributed by atoms with Gasteiger partial charge in [-0.05, 0) is 55.8 Å². The lowest BCUT2D eigenvalue weighted by molar-refractivity contribution is 0.0674. The fourth-order valence-corrected chi connectivity index (χ4v) is 4.28. The zero-order valence-electron chi connectivity index (χ0n) is 14.2. The third-order valence-corrected chi connectivity index (χ3v) is 5.87. The van der Waals surface area contributed by atoms with Gasteiger partial charge in [0.15, 0.2) is 0 Å². The molecular weight excluding hydrogens is 302 g/mol. The number of piperidine rings is 2. The average molecular weight is 329 g/mol. The molecule has 1 atom stereocenters. The minimum atomic E-state index is 0.200. The first-order valence-electron chi connectivity index (χ1n) is 9.26. The van der Waals surface area contributed by atoms with Crippen molar-refractivity contribution in [2.75, 3.05) is 37.7 Å². The highest BCUT2D eigenvalue weighted by atomic mass is 16.3. The van der Waals surface area contributed by atoms with Crippen molar-refractivity contribution in [2.24, 2.45) is 5.92 Å². The number of carbonyl (C=O) groups is 1. The van der Waals surface area contributed by atoms with Gasteiger partial charge in [0.05, 0.1) is 0 Å². The molecule has 1 aromatic rings. The van der Waals surface area contributed by atoms with E-state index in [1.165, 1.54) is 5.56 Å². The maximum Gasteiger partial charge on any atom is 0.254 e. The van der Waals surface area contributed by atoms with E-state index < -0.39 is 0 Å². The van der Waals surface area contributed by atoms with Gasteiger partial charge in [-0.3, -0.25) is 4.79 Å². The first-order valence-corrected chi connectivity index (χ1v) is 9.26. The summed E-state index contributed by atoms with van der Waals surface area (Å²) in [5.41, 5.74) is 3.21. The van der Waals surface area contributed by atoms with E-state index in [0.717, 1.165) is 69.7 Å². The van der Waals surface area contributed by atoms with E-state index in [-0.39, 0.29) is 5.91 Å². The van der Waals surface area contributed by atoms with E-state index in [4.69, 9.17) is 0 Å². The molecule has 1 aromatic carbocycles. The molecule has 2 N–H and O–H groups in total. The molecule has 5 nitrogen and oxygen atoms in total. The molecule has 2 fully saturated rings. The number of aliphatic hydroxyl groups excluding tert-OH is 1. The van der Waals surface area contributed by atoms with Crippen LogP contribution in [0.2, 0.25) is 0 Å². The molecule has 0 saturated carbocycles. The molecule has 0 aromatic heterocycles. The Labute approximate surface area is 143 Å². The molecule has 0 radical (unpaired) electrons. The van der Waals surface area contributed by atoms with E-state index in [2.05, 4.69) is 33.3 Å². The van der Waals surface area contributed by atoms with Gasteiger partial charge in [-0.1, -0.05) is 6.07 Å². The fraction of sp³-hybridized carbons (Fsp3) is 0.632. The molecule has 0 aliphatic carbocycles. The zero-order valence-corrected chi connectivity index (χ0v) is 14.2. The Kier molecular flexibility index (Phi) is 4.46. The number of aliphatic hydroxyl groups is 1. The molecular formula is C19H27N3O2. The summed E-state index contributed by atoms with van der Waals surface area (Å²) in [5.74, 6) is 0.636. The maximum atomic E-state index is 12.9. The number of benzene rings is 1. The largest absolute Gasteiger partial charge is 0.396 e. The lowest BCUT2D eigenvalue weighted by atomic mass is 9.97. The summed E-state index contributed by atoms with van der Waals surface area (Å²) >= 11 is 0. The molecule has 1 unspecified atom stereocenters. The minimum Gasteiger partial charge on any atom is -0.396 e. The van der Waals surface area contributed by atoms with E-state index in [1.54, 1.807) is 0 Å². The molecule has 24 heavy (non-hydrogen) atoms. The molecule has 130 valence electrons. The van der Waals surface area contributed by atoms with Gasteiger partial charge in [0.25, 0.3) is 5.91 Å². The summed E-state index contributed by atoms with van der Waals surface area (Å²) in [6, 6.07) is 6.72. The highest BCUT2D eigenvalue weighted by molar-refractivity contribution is 5.99. The van der Waals surface area contributed by atoms with Gasteiger partial charge in [0.2, 0.25) is 0 Å². The molecule has 4 rings (SSSR count). The van der Waals surface area contributed by atoms with E-state index in [9.17, 15) is 9.90 Å². The van der Waals surface area contributed by atoms with Crippen LogP contribution in [0.3, 0.4) is 0 Å². The van der Waals surface area contributed by atoms with Gasteiger partial charge in [-0.25, -0.2) is 0 Å². The Morgan fingerprint density at radius 2 is 2.04 bits per heavy atom. The molecule has 3 heterocycles. The normalized spacial score (nSPS) is 25.2. The van der Waals surface area contributed by atoms with Crippen molar-refractivity contribution in [3.05, 3.63) is 29.3 Å². The predicted octanol–water partition coefficient (Wildman–Crippen LogP) is 1.60. The predicted molar refractivity (Wildman–Crippen MR) is 94.2 cm³/mol. The van der Waals surface area contributed by atoms with Crippen LogP contribution >= 0.6 is 0 Å². The van der Waals surface area contributed by atoms with Crippen LogP contribution in [0.1, 0.15) is 41.6 Å². The van der Waals surface area contributed by atoms with E-state index in [0.29, 0.717) is 18.6 Å². The van der Waals surface area contributed by atoms with E-state index >= 15 is 0 Å². The van der Waals surface area contributed by atoms with Gasteiger partial charge >= 0.3 is 0 Å². The van der Waals surface area contributed by atoms with Gasteiger partial charge in [-0.2, -0.15) is 0 Å². The molecule has 1 amide bonds. The number of anilines is 1. The van der Waals surface area contributed by atoms with Gasteiger partial charge < -0.3 is 20.2 Å². The highest BCUT2D eigenvalue weighted by Crippen LogP contribution is 2.31. The second-order valence-corrected chi connectivity index (χ2v) is 7.39. The third kappa shape index (κ3) is 2.91. The Bertz CT molecular complexity index is 605. The molecule has 3 aliphatic rings. The lowest BCUT2D eigenvalue weighted by Gasteiger charge is -2.33. The number of hydrogen-bond donors (Lipinski definition) is 2. The Morgan fingerprint density at radius 1 is 1.21 bits per heavy atom. The van der Waals surface area contributed by atoms with Crippen molar-refractivity contribution in [1.29, 1.82) is 0 Å². The topological polar surface area (TPSA) is 55.8 Å². The number of hydrogen-bond acceptors (Lipinski definition) is 4. The minimum absolute atomic E-state index is 0.200. The lowest BCUT2D eigenvalue weighted by Crippen LogP contribution is -2.46. The molecule has 3 aliphatic heterocycles. The maximum absolute atomic E-state index is 12.9. The summed E-state index contributed by atoms with van der Waals surface area (Å²) in [6.07, 6.45) is 4.31. The number of nitrogens with one attached hydrogen (secondary N) is 1. The number of fused-ring (bicyclic) bond motifs is 1. The summed E-state index contributed by atoms with van der Waals surface area (Å²) in [4.78, 5) is 17.3. The van der Waals surface area contributed by atoms with Gasteiger partial charge in [0.1, 0.15) is 0 Å². The molecule has 0 spiro atoms. The number of amides is 1. The molecule has 2 saturated heterocycles.